The van der Waals surface area contributed by atoms with Gasteiger partial charge in [-0.15, -0.1) is 11.8 Å². The maximum Gasteiger partial charge on any atom is 0.312 e. The van der Waals surface area contributed by atoms with Crippen LogP contribution < -0.4 is 4.74 Å². The molecule has 4 heteroatoms. The zero-order chi connectivity index (χ0) is 12.2. The van der Waals surface area contributed by atoms with Crippen LogP contribution in [0.25, 0.3) is 0 Å². The Labute approximate surface area is 99.8 Å². The lowest BCUT2D eigenvalue weighted by atomic mass is 9.95. The molecule has 0 atom stereocenters. The summed E-state index contributed by atoms with van der Waals surface area (Å²) in [5, 5.41) is 8.96. The standard InChI is InChI=1S/C12H16O3S/c1-12(2,11(13)14)8-15-9-6-4-5-7-10(9)16-3/h4-7H,8H2,1-3H3,(H,13,14). The molecule has 0 aliphatic heterocycles. The number of ether oxygens (including phenoxy) is 1. The number of aliphatic carboxylic acids is 1. The van der Waals surface area contributed by atoms with E-state index < -0.39 is 11.4 Å². The summed E-state index contributed by atoms with van der Waals surface area (Å²) in [7, 11) is 0. The third-order valence-electron chi connectivity index (χ3n) is 2.24. The third kappa shape index (κ3) is 3.17. The number of rotatable bonds is 5. The van der Waals surface area contributed by atoms with Crippen molar-refractivity contribution in [3.63, 3.8) is 0 Å². The van der Waals surface area contributed by atoms with Crippen LogP contribution in [-0.2, 0) is 4.79 Å². The highest BCUT2D eigenvalue weighted by molar-refractivity contribution is 7.98. The number of hydrogen-bond acceptors (Lipinski definition) is 3. The van der Waals surface area contributed by atoms with Crippen molar-refractivity contribution in [3.8, 4) is 5.75 Å². The Morgan fingerprint density at radius 2 is 2.06 bits per heavy atom. The minimum absolute atomic E-state index is 0.167. The number of carboxylic acids is 1. The molecule has 1 N–H and O–H groups in total. The van der Waals surface area contributed by atoms with Gasteiger partial charge < -0.3 is 9.84 Å². The first-order chi connectivity index (χ1) is 7.47. The molecule has 1 aromatic carbocycles. The lowest BCUT2D eigenvalue weighted by Gasteiger charge is -2.20. The van der Waals surface area contributed by atoms with Crippen LogP contribution in [0.5, 0.6) is 5.75 Å². The number of benzene rings is 1. The van der Waals surface area contributed by atoms with E-state index in [1.54, 1.807) is 25.6 Å². The molecule has 0 aliphatic carbocycles. The van der Waals surface area contributed by atoms with Gasteiger partial charge in [0, 0.05) is 4.90 Å². The van der Waals surface area contributed by atoms with Crippen molar-refractivity contribution in [2.24, 2.45) is 5.41 Å². The molecule has 0 radical (unpaired) electrons. The Morgan fingerprint density at radius 3 is 2.62 bits per heavy atom. The van der Waals surface area contributed by atoms with Crippen LogP contribution >= 0.6 is 11.8 Å². The van der Waals surface area contributed by atoms with E-state index in [-0.39, 0.29) is 6.61 Å². The molecule has 16 heavy (non-hydrogen) atoms. The second-order valence-electron chi connectivity index (χ2n) is 4.13. The lowest BCUT2D eigenvalue weighted by molar-refractivity contribution is -0.148. The summed E-state index contributed by atoms with van der Waals surface area (Å²) in [4.78, 5) is 11.9. The van der Waals surface area contributed by atoms with E-state index in [4.69, 9.17) is 9.84 Å². The predicted molar refractivity (Wildman–Crippen MR) is 65.1 cm³/mol. The van der Waals surface area contributed by atoms with Gasteiger partial charge in [0.15, 0.2) is 0 Å². The Balaban J connectivity index is 2.71. The summed E-state index contributed by atoms with van der Waals surface area (Å²) in [5.74, 6) is -0.113. The van der Waals surface area contributed by atoms with E-state index in [1.807, 2.05) is 30.5 Å². The molecular weight excluding hydrogens is 224 g/mol. The molecule has 3 nitrogen and oxygen atoms in total. The largest absolute Gasteiger partial charge is 0.491 e. The van der Waals surface area contributed by atoms with Crippen LogP contribution in [0.4, 0.5) is 0 Å². The summed E-state index contributed by atoms with van der Waals surface area (Å²) in [6.07, 6.45) is 1.96. The molecule has 0 aliphatic rings. The van der Waals surface area contributed by atoms with Crippen molar-refractivity contribution in [3.05, 3.63) is 24.3 Å². The number of thioether (sulfide) groups is 1. The molecule has 0 aromatic heterocycles. The molecule has 0 unspecified atom stereocenters. The first kappa shape index (κ1) is 12.9. The van der Waals surface area contributed by atoms with Gasteiger partial charge in [-0.1, -0.05) is 12.1 Å². The molecule has 0 amide bonds. The summed E-state index contributed by atoms with van der Waals surface area (Å²) in [6, 6.07) is 7.61. The van der Waals surface area contributed by atoms with Crippen LogP contribution in [0.15, 0.2) is 29.2 Å². The third-order valence-corrected chi connectivity index (χ3v) is 3.01. The Morgan fingerprint density at radius 1 is 1.44 bits per heavy atom. The van der Waals surface area contributed by atoms with E-state index in [1.165, 1.54) is 0 Å². The molecule has 0 fully saturated rings. The number of hydrogen-bond donors (Lipinski definition) is 1. The molecule has 0 spiro atoms. The van der Waals surface area contributed by atoms with Crippen molar-refractivity contribution in [1.29, 1.82) is 0 Å². The summed E-state index contributed by atoms with van der Waals surface area (Å²) in [6.45, 7) is 3.47. The Kier molecular flexibility index (Phi) is 4.24. The zero-order valence-corrected chi connectivity index (χ0v) is 10.5. The summed E-state index contributed by atoms with van der Waals surface area (Å²) < 4.78 is 5.55. The van der Waals surface area contributed by atoms with Gasteiger partial charge in [-0.3, -0.25) is 4.79 Å². The van der Waals surface area contributed by atoms with Gasteiger partial charge in [0.05, 0.1) is 5.41 Å². The first-order valence-corrected chi connectivity index (χ1v) is 6.19. The fraction of sp³-hybridized carbons (Fsp3) is 0.417. The smallest absolute Gasteiger partial charge is 0.312 e. The quantitative estimate of drug-likeness (QED) is 0.804. The maximum absolute atomic E-state index is 10.9. The number of carbonyl (C=O) groups is 1. The minimum Gasteiger partial charge on any atom is -0.491 e. The van der Waals surface area contributed by atoms with Gasteiger partial charge in [0.1, 0.15) is 12.4 Å². The molecule has 88 valence electrons. The molecule has 1 rings (SSSR count). The fourth-order valence-corrected chi connectivity index (χ4v) is 1.60. The molecule has 1 aromatic rings. The highest BCUT2D eigenvalue weighted by atomic mass is 32.2. The Bertz CT molecular complexity index is 374. The van der Waals surface area contributed by atoms with Crippen LogP contribution in [0.1, 0.15) is 13.8 Å². The van der Waals surface area contributed by atoms with E-state index in [2.05, 4.69) is 0 Å². The van der Waals surface area contributed by atoms with Crippen LogP contribution in [-0.4, -0.2) is 23.9 Å². The van der Waals surface area contributed by atoms with Gasteiger partial charge in [-0.2, -0.15) is 0 Å². The van der Waals surface area contributed by atoms with Crippen LogP contribution in [0.2, 0.25) is 0 Å². The van der Waals surface area contributed by atoms with Crippen molar-refractivity contribution < 1.29 is 14.6 Å². The highest BCUT2D eigenvalue weighted by Gasteiger charge is 2.28. The van der Waals surface area contributed by atoms with Crippen molar-refractivity contribution in [2.45, 2.75) is 18.7 Å². The molecule has 0 saturated carbocycles. The average Bonchev–Trinajstić information content (AvgIpc) is 2.26. The van der Waals surface area contributed by atoms with Crippen LogP contribution in [0.3, 0.4) is 0 Å². The zero-order valence-electron chi connectivity index (χ0n) is 9.69. The normalized spacial score (nSPS) is 11.2. The summed E-state index contributed by atoms with van der Waals surface area (Å²) in [5.41, 5.74) is -0.870. The van der Waals surface area contributed by atoms with E-state index >= 15 is 0 Å². The van der Waals surface area contributed by atoms with E-state index in [9.17, 15) is 4.79 Å². The second kappa shape index (κ2) is 5.25. The highest BCUT2D eigenvalue weighted by Crippen LogP contribution is 2.28. The average molecular weight is 240 g/mol. The lowest BCUT2D eigenvalue weighted by Crippen LogP contribution is -2.30. The molecular formula is C12H16O3S. The summed E-state index contributed by atoms with van der Waals surface area (Å²) >= 11 is 1.58. The number of carboxylic acid groups (broad SMARTS) is 1. The van der Waals surface area contributed by atoms with Gasteiger partial charge >= 0.3 is 5.97 Å². The Hall–Kier alpha value is -1.16. The van der Waals surface area contributed by atoms with Gasteiger partial charge in [0.25, 0.3) is 0 Å². The SMILES string of the molecule is CSc1ccccc1OCC(C)(C)C(=O)O. The molecule has 0 saturated heterocycles. The van der Waals surface area contributed by atoms with Gasteiger partial charge in [0.2, 0.25) is 0 Å². The minimum atomic E-state index is -0.870. The van der Waals surface area contributed by atoms with Crippen molar-refractivity contribution in [2.75, 3.05) is 12.9 Å². The second-order valence-corrected chi connectivity index (χ2v) is 4.98. The molecule has 0 bridgehead atoms. The predicted octanol–water partition coefficient (Wildman–Crippen LogP) is 2.90. The van der Waals surface area contributed by atoms with Gasteiger partial charge in [-0.05, 0) is 32.2 Å². The maximum atomic E-state index is 10.9. The first-order valence-electron chi connectivity index (χ1n) is 4.96. The van der Waals surface area contributed by atoms with Crippen molar-refractivity contribution in [1.82, 2.24) is 0 Å². The number of para-hydroxylation sites is 1. The van der Waals surface area contributed by atoms with E-state index in [0.717, 1.165) is 10.6 Å². The van der Waals surface area contributed by atoms with Crippen LogP contribution in [0, 0.1) is 5.41 Å². The van der Waals surface area contributed by atoms with E-state index in [0.29, 0.717) is 0 Å². The fourth-order valence-electron chi connectivity index (χ4n) is 1.06. The van der Waals surface area contributed by atoms with Gasteiger partial charge in [-0.25, -0.2) is 0 Å². The monoisotopic (exact) mass is 240 g/mol. The molecule has 0 heterocycles. The van der Waals surface area contributed by atoms with Crippen molar-refractivity contribution >= 4 is 17.7 Å². The topological polar surface area (TPSA) is 46.5 Å².